The van der Waals surface area contributed by atoms with Crippen molar-refractivity contribution in [2.45, 2.75) is 5.16 Å². The Morgan fingerprint density at radius 2 is 2.06 bits per heavy atom. The van der Waals surface area contributed by atoms with E-state index in [0.717, 1.165) is 0 Å². The summed E-state index contributed by atoms with van der Waals surface area (Å²) in [4.78, 5) is 22.7. The second-order valence-corrected chi connectivity index (χ2v) is 7.30. The van der Waals surface area contributed by atoms with Gasteiger partial charge >= 0.3 is 0 Å². The molecule has 0 saturated carbocycles. The lowest BCUT2D eigenvalue weighted by molar-refractivity contribution is -0.384. The Hall–Kier alpha value is -3.93. The summed E-state index contributed by atoms with van der Waals surface area (Å²) in [6.07, 6.45) is 1.48. The molecule has 11 nitrogen and oxygen atoms in total. The van der Waals surface area contributed by atoms with Crippen molar-refractivity contribution in [2.75, 3.05) is 20.0 Å². The number of nitrogens with zero attached hydrogens (tertiary/aromatic N) is 5. The second kappa shape index (κ2) is 10.4. The molecule has 1 N–H and O–H groups in total. The largest absolute Gasteiger partial charge is 0.497 e. The van der Waals surface area contributed by atoms with Crippen molar-refractivity contribution in [3.63, 3.8) is 0 Å². The van der Waals surface area contributed by atoms with E-state index in [0.29, 0.717) is 33.6 Å². The SMILES string of the molecule is COc1ccc(/C=N/NC(=O)CSc2nnc(-c3cccc([N+](=O)[O-])c3)n2C)c(OC)c1. The molecule has 0 aliphatic heterocycles. The van der Waals surface area contributed by atoms with E-state index >= 15 is 0 Å². The van der Waals surface area contributed by atoms with Crippen molar-refractivity contribution in [1.82, 2.24) is 20.2 Å². The number of nitro groups is 1. The number of non-ortho nitro benzene ring substituents is 1. The fraction of sp³-hybridized carbons (Fsp3) is 0.200. The van der Waals surface area contributed by atoms with Gasteiger partial charge in [-0.2, -0.15) is 5.10 Å². The van der Waals surface area contributed by atoms with Crippen LogP contribution in [0.2, 0.25) is 0 Å². The van der Waals surface area contributed by atoms with Gasteiger partial charge in [-0.15, -0.1) is 10.2 Å². The number of nitrogens with one attached hydrogen (secondary N) is 1. The van der Waals surface area contributed by atoms with Gasteiger partial charge in [0.2, 0.25) is 0 Å². The first-order valence-electron chi connectivity index (χ1n) is 9.24. The van der Waals surface area contributed by atoms with Crippen molar-refractivity contribution in [3.8, 4) is 22.9 Å². The van der Waals surface area contributed by atoms with E-state index in [2.05, 4.69) is 20.7 Å². The van der Waals surface area contributed by atoms with Crippen molar-refractivity contribution >= 4 is 29.6 Å². The minimum Gasteiger partial charge on any atom is -0.497 e. The molecule has 0 spiro atoms. The Balaban J connectivity index is 1.60. The van der Waals surface area contributed by atoms with Gasteiger partial charge in [0.25, 0.3) is 11.6 Å². The van der Waals surface area contributed by atoms with E-state index < -0.39 is 4.92 Å². The minimum absolute atomic E-state index is 0.0366. The fourth-order valence-electron chi connectivity index (χ4n) is 2.71. The van der Waals surface area contributed by atoms with Crippen LogP contribution in [0.25, 0.3) is 11.4 Å². The summed E-state index contributed by atoms with van der Waals surface area (Å²) in [5.74, 6) is 1.38. The van der Waals surface area contributed by atoms with Crippen LogP contribution in [0, 0.1) is 10.1 Å². The van der Waals surface area contributed by atoms with Crippen LogP contribution in [0.4, 0.5) is 5.69 Å². The summed E-state index contributed by atoms with van der Waals surface area (Å²) in [6.45, 7) is 0. The first kappa shape index (κ1) is 22.7. The number of nitro benzene ring substituents is 1. The Kier molecular flexibility index (Phi) is 7.39. The number of methoxy groups -OCH3 is 2. The summed E-state index contributed by atoms with van der Waals surface area (Å²) in [6, 6.07) is 11.4. The van der Waals surface area contributed by atoms with Crippen LogP contribution in [-0.2, 0) is 11.8 Å². The van der Waals surface area contributed by atoms with Gasteiger partial charge in [0.05, 0.1) is 31.1 Å². The molecule has 12 heteroatoms. The monoisotopic (exact) mass is 456 g/mol. The molecule has 0 aliphatic carbocycles. The third-order valence-corrected chi connectivity index (χ3v) is 5.34. The van der Waals surface area contributed by atoms with Gasteiger partial charge in [0.1, 0.15) is 11.5 Å². The van der Waals surface area contributed by atoms with Crippen LogP contribution >= 0.6 is 11.8 Å². The number of aromatic nitrogens is 3. The smallest absolute Gasteiger partial charge is 0.270 e. The lowest BCUT2D eigenvalue weighted by Crippen LogP contribution is -2.20. The van der Waals surface area contributed by atoms with Crippen molar-refractivity contribution in [3.05, 3.63) is 58.1 Å². The number of amides is 1. The topological polar surface area (TPSA) is 134 Å². The van der Waals surface area contributed by atoms with Gasteiger partial charge in [-0.25, -0.2) is 5.43 Å². The Morgan fingerprint density at radius 1 is 1.25 bits per heavy atom. The average molecular weight is 456 g/mol. The maximum absolute atomic E-state index is 12.1. The normalized spacial score (nSPS) is 10.8. The molecule has 1 aromatic heterocycles. The molecule has 166 valence electrons. The van der Waals surface area contributed by atoms with E-state index in [-0.39, 0.29) is 17.3 Å². The summed E-state index contributed by atoms with van der Waals surface area (Å²) >= 11 is 1.17. The first-order chi connectivity index (χ1) is 15.4. The molecule has 0 atom stereocenters. The van der Waals surface area contributed by atoms with E-state index in [1.54, 1.807) is 49.1 Å². The average Bonchev–Trinajstić information content (AvgIpc) is 3.18. The molecule has 0 aliphatic rings. The van der Waals surface area contributed by atoms with E-state index in [9.17, 15) is 14.9 Å². The molecule has 3 aromatic rings. The van der Waals surface area contributed by atoms with Crippen LogP contribution in [0.5, 0.6) is 11.5 Å². The third kappa shape index (κ3) is 5.40. The second-order valence-electron chi connectivity index (χ2n) is 6.36. The standard InChI is InChI=1S/C20H20N6O5S/c1-25-19(13-5-4-6-15(9-13)26(28)29)23-24-20(25)32-12-18(27)22-21-11-14-7-8-16(30-2)10-17(14)31-3/h4-11H,12H2,1-3H3,(H,22,27)/b21-11+. The maximum atomic E-state index is 12.1. The summed E-state index contributed by atoms with van der Waals surface area (Å²) in [5.41, 5.74) is 3.65. The van der Waals surface area contributed by atoms with E-state index in [4.69, 9.17) is 9.47 Å². The van der Waals surface area contributed by atoms with Gasteiger partial charge in [-0.3, -0.25) is 14.9 Å². The highest BCUT2D eigenvalue weighted by Gasteiger charge is 2.15. The third-order valence-electron chi connectivity index (χ3n) is 4.32. The Morgan fingerprint density at radius 3 is 2.78 bits per heavy atom. The number of hydrogen-bond acceptors (Lipinski definition) is 9. The maximum Gasteiger partial charge on any atom is 0.270 e. The summed E-state index contributed by atoms with van der Waals surface area (Å²) < 4.78 is 12.1. The number of rotatable bonds is 9. The fourth-order valence-corrected chi connectivity index (χ4v) is 3.42. The predicted octanol–water partition coefficient (Wildman–Crippen LogP) is 2.65. The van der Waals surface area contributed by atoms with Crippen molar-refractivity contribution in [1.29, 1.82) is 0 Å². The number of carbonyl (C=O) groups excluding carboxylic acids is 1. The summed E-state index contributed by atoms with van der Waals surface area (Å²) in [7, 11) is 4.82. The molecule has 0 saturated heterocycles. The van der Waals surface area contributed by atoms with Crippen LogP contribution in [0.3, 0.4) is 0 Å². The van der Waals surface area contributed by atoms with Gasteiger partial charge in [0, 0.05) is 36.4 Å². The first-order valence-corrected chi connectivity index (χ1v) is 10.2. The van der Waals surface area contributed by atoms with Gasteiger partial charge in [0.15, 0.2) is 11.0 Å². The molecule has 1 heterocycles. The number of hydrogen-bond donors (Lipinski definition) is 1. The highest BCUT2D eigenvalue weighted by atomic mass is 32.2. The van der Waals surface area contributed by atoms with Crippen LogP contribution < -0.4 is 14.9 Å². The predicted molar refractivity (Wildman–Crippen MR) is 119 cm³/mol. The zero-order chi connectivity index (χ0) is 23.1. The van der Waals surface area contributed by atoms with Gasteiger partial charge in [-0.1, -0.05) is 23.9 Å². The van der Waals surface area contributed by atoms with Gasteiger partial charge in [-0.05, 0) is 12.1 Å². The molecule has 0 unspecified atom stereocenters. The molecular formula is C20H20N6O5S. The van der Waals surface area contributed by atoms with E-state index in [1.807, 2.05) is 0 Å². The molecule has 2 aromatic carbocycles. The quantitative estimate of drug-likeness (QED) is 0.225. The van der Waals surface area contributed by atoms with Gasteiger partial charge < -0.3 is 14.0 Å². The van der Waals surface area contributed by atoms with Crippen molar-refractivity contribution in [2.24, 2.45) is 12.1 Å². The summed E-state index contributed by atoms with van der Waals surface area (Å²) in [5, 5.41) is 23.6. The number of benzene rings is 2. The van der Waals surface area contributed by atoms with Crippen LogP contribution in [0.15, 0.2) is 52.7 Å². The molecule has 0 bridgehead atoms. The highest BCUT2D eigenvalue weighted by molar-refractivity contribution is 7.99. The molecule has 32 heavy (non-hydrogen) atoms. The van der Waals surface area contributed by atoms with Crippen LogP contribution in [-0.4, -0.2) is 51.8 Å². The van der Waals surface area contributed by atoms with Crippen LogP contribution in [0.1, 0.15) is 5.56 Å². The lowest BCUT2D eigenvalue weighted by Gasteiger charge is -2.07. The molecule has 0 radical (unpaired) electrons. The molecule has 3 rings (SSSR count). The minimum atomic E-state index is -0.470. The number of hydrazone groups is 1. The zero-order valence-electron chi connectivity index (χ0n) is 17.5. The van der Waals surface area contributed by atoms with E-state index in [1.165, 1.54) is 37.2 Å². The molecule has 0 fully saturated rings. The lowest BCUT2D eigenvalue weighted by atomic mass is 10.2. The molecule has 1 amide bonds. The number of carbonyl (C=O) groups is 1. The number of ether oxygens (including phenoxy) is 2. The zero-order valence-corrected chi connectivity index (χ0v) is 18.3. The van der Waals surface area contributed by atoms with Crippen molar-refractivity contribution < 1.29 is 19.2 Å². The Bertz CT molecular complexity index is 1160. The molecular weight excluding hydrogens is 436 g/mol. The number of thioether (sulfide) groups is 1. The Labute approximate surface area is 187 Å². The highest BCUT2D eigenvalue weighted by Crippen LogP contribution is 2.25.